The van der Waals surface area contributed by atoms with Crippen LogP contribution in [0.3, 0.4) is 0 Å². The number of thiophene rings is 1. The third-order valence-electron chi connectivity index (χ3n) is 3.28. The van der Waals surface area contributed by atoms with E-state index in [1.165, 1.54) is 11.3 Å². The van der Waals surface area contributed by atoms with Gasteiger partial charge in [0.25, 0.3) is 5.91 Å². The molecule has 0 aliphatic carbocycles. The van der Waals surface area contributed by atoms with E-state index in [0.717, 1.165) is 5.56 Å². The Labute approximate surface area is 133 Å². The van der Waals surface area contributed by atoms with Crippen LogP contribution < -0.4 is 14.8 Å². The Hall–Kier alpha value is -2.05. The maximum atomic E-state index is 12.2. The molecule has 0 saturated carbocycles. The number of methoxy groups -OCH3 is 2. The molecule has 0 aliphatic heterocycles. The van der Waals surface area contributed by atoms with Crippen molar-refractivity contribution < 1.29 is 19.4 Å². The molecule has 2 aromatic rings. The van der Waals surface area contributed by atoms with E-state index in [1.54, 1.807) is 26.4 Å². The van der Waals surface area contributed by atoms with E-state index in [0.29, 0.717) is 22.8 Å². The monoisotopic (exact) mass is 321 g/mol. The summed E-state index contributed by atoms with van der Waals surface area (Å²) in [5.41, 5.74) is 0.858. The molecule has 6 heteroatoms. The average Bonchev–Trinajstić information content (AvgIpc) is 3.08. The van der Waals surface area contributed by atoms with Crippen LogP contribution in [-0.4, -0.2) is 31.8 Å². The van der Waals surface area contributed by atoms with Crippen LogP contribution in [-0.2, 0) is 0 Å². The van der Waals surface area contributed by atoms with Crippen LogP contribution in [0.5, 0.6) is 11.5 Å². The van der Waals surface area contributed by atoms with Crippen molar-refractivity contribution in [2.75, 3.05) is 20.8 Å². The van der Waals surface area contributed by atoms with Crippen LogP contribution in [0, 0.1) is 0 Å². The Morgan fingerprint density at radius 2 is 2.05 bits per heavy atom. The van der Waals surface area contributed by atoms with Crippen molar-refractivity contribution in [2.45, 2.75) is 12.5 Å². The number of rotatable bonds is 7. The standard InChI is InChI=1S/C16H19NO4S/c1-20-13-6-5-11(10-14(13)21-2)12(7-8-18)17-16(19)15-4-3-9-22-15/h3-6,9-10,12,18H,7-8H2,1-2H3,(H,17,19)/t12-/m0/s1. The molecule has 1 aromatic heterocycles. The SMILES string of the molecule is COc1ccc([C@H](CCO)NC(=O)c2cccs2)cc1OC. The first-order valence-electron chi connectivity index (χ1n) is 6.86. The largest absolute Gasteiger partial charge is 0.493 e. The summed E-state index contributed by atoms with van der Waals surface area (Å²) in [7, 11) is 3.13. The maximum absolute atomic E-state index is 12.2. The number of benzene rings is 1. The zero-order valence-corrected chi connectivity index (χ0v) is 13.4. The first-order chi connectivity index (χ1) is 10.7. The van der Waals surface area contributed by atoms with Crippen molar-refractivity contribution in [3.8, 4) is 11.5 Å². The topological polar surface area (TPSA) is 67.8 Å². The van der Waals surface area contributed by atoms with Crippen LogP contribution in [0.15, 0.2) is 35.7 Å². The highest BCUT2D eigenvalue weighted by Crippen LogP contribution is 2.31. The molecular formula is C16H19NO4S. The fraction of sp³-hybridized carbons (Fsp3) is 0.312. The highest BCUT2D eigenvalue weighted by atomic mass is 32.1. The van der Waals surface area contributed by atoms with E-state index >= 15 is 0 Å². The molecule has 0 unspecified atom stereocenters. The zero-order valence-electron chi connectivity index (χ0n) is 12.5. The Balaban J connectivity index is 2.22. The van der Waals surface area contributed by atoms with Crippen molar-refractivity contribution in [3.05, 3.63) is 46.2 Å². The molecule has 1 heterocycles. The molecule has 1 atom stereocenters. The molecule has 0 radical (unpaired) electrons. The molecule has 0 spiro atoms. The minimum absolute atomic E-state index is 0.0241. The fourth-order valence-electron chi connectivity index (χ4n) is 2.16. The van der Waals surface area contributed by atoms with Gasteiger partial charge in [0.15, 0.2) is 11.5 Å². The summed E-state index contributed by atoms with van der Waals surface area (Å²) in [6, 6.07) is 8.77. The number of amides is 1. The number of hydrogen-bond acceptors (Lipinski definition) is 5. The second kappa shape index (κ2) is 7.82. The van der Waals surface area contributed by atoms with E-state index in [9.17, 15) is 9.90 Å². The van der Waals surface area contributed by atoms with Crippen LogP contribution in [0.2, 0.25) is 0 Å². The van der Waals surface area contributed by atoms with E-state index in [-0.39, 0.29) is 18.6 Å². The van der Waals surface area contributed by atoms with Gasteiger partial charge in [0.05, 0.1) is 25.1 Å². The summed E-state index contributed by atoms with van der Waals surface area (Å²) < 4.78 is 10.5. The van der Waals surface area contributed by atoms with E-state index in [2.05, 4.69) is 5.32 Å². The zero-order chi connectivity index (χ0) is 15.9. The number of nitrogens with one attached hydrogen (secondary N) is 1. The van der Waals surface area contributed by atoms with Gasteiger partial charge in [-0.3, -0.25) is 4.79 Å². The van der Waals surface area contributed by atoms with Gasteiger partial charge in [-0.2, -0.15) is 0 Å². The fourth-order valence-corrected chi connectivity index (χ4v) is 2.78. The molecule has 118 valence electrons. The smallest absolute Gasteiger partial charge is 0.261 e. The van der Waals surface area contributed by atoms with Crippen LogP contribution in [0.4, 0.5) is 0 Å². The normalized spacial score (nSPS) is 11.8. The molecule has 1 amide bonds. The van der Waals surface area contributed by atoms with Gasteiger partial charge in [-0.25, -0.2) is 0 Å². The first-order valence-corrected chi connectivity index (χ1v) is 7.74. The Morgan fingerprint density at radius 3 is 2.64 bits per heavy atom. The number of aliphatic hydroxyl groups is 1. The summed E-state index contributed by atoms with van der Waals surface area (Å²) in [4.78, 5) is 12.8. The highest BCUT2D eigenvalue weighted by Gasteiger charge is 2.18. The Bertz CT molecular complexity index is 613. The summed E-state index contributed by atoms with van der Waals surface area (Å²) in [5.74, 6) is 1.06. The second-order valence-electron chi connectivity index (χ2n) is 4.63. The third-order valence-corrected chi connectivity index (χ3v) is 4.15. The average molecular weight is 321 g/mol. The van der Waals surface area contributed by atoms with Gasteiger partial charge in [0.1, 0.15) is 0 Å². The highest BCUT2D eigenvalue weighted by molar-refractivity contribution is 7.12. The summed E-state index contributed by atoms with van der Waals surface area (Å²) in [6.45, 7) is -0.0241. The lowest BCUT2D eigenvalue weighted by Crippen LogP contribution is -2.28. The first kappa shape index (κ1) is 16.3. The molecule has 2 rings (SSSR count). The number of ether oxygens (including phenoxy) is 2. The number of hydrogen-bond donors (Lipinski definition) is 2. The van der Waals surface area contributed by atoms with Crippen molar-refractivity contribution >= 4 is 17.2 Å². The molecular weight excluding hydrogens is 302 g/mol. The quantitative estimate of drug-likeness (QED) is 0.822. The number of aliphatic hydroxyl groups excluding tert-OH is 1. The maximum Gasteiger partial charge on any atom is 0.261 e. The predicted octanol–water partition coefficient (Wildman–Crippen LogP) is 2.62. The number of carbonyl (C=O) groups excluding carboxylic acids is 1. The lowest BCUT2D eigenvalue weighted by atomic mass is 10.0. The van der Waals surface area contributed by atoms with E-state index in [1.807, 2.05) is 23.6 Å². The van der Waals surface area contributed by atoms with Crippen LogP contribution >= 0.6 is 11.3 Å². The van der Waals surface area contributed by atoms with Gasteiger partial charge in [0.2, 0.25) is 0 Å². The summed E-state index contributed by atoms with van der Waals surface area (Å²) >= 11 is 1.38. The molecule has 0 fully saturated rings. The number of carbonyl (C=O) groups is 1. The summed E-state index contributed by atoms with van der Waals surface area (Å²) in [5, 5.41) is 14.1. The lowest BCUT2D eigenvalue weighted by molar-refractivity contribution is 0.0934. The van der Waals surface area contributed by atoms with Gasteiger partial charge in [-0.05, 0) is 35.6 Å². The van der Waals surface area contributed by atoms with Gasteiger partial charge < -0.3 is 19.9 Å². The second-order valence-corrected chi connectivity index (χ2v) is 5.58. The minimum atomic E-state index is -0.292. The molecule has 5 nitrogen and oxygen atoms in total. The molecule has 22 heavy (non-hydrogen) atoms. The third kappa shape index (κ3) is 3.78. The lowest BCUT2D eigenvalue weighted by Gasteiger charge is -2.19. The van der Waals surface area contributed by atoms with Crippen molar-refractivity contribution in [1.29, 1.82) is 0 Å². The van der Waals surface area contributed by atoms with Crippen molar-refractivity contribution in [3.63, 3.8) is 0 Å². The minimum Gasteiger partial charge on any atom is -0.493 e. The molecule has 0 saturated heterocycles. The van der Waals surface area contributed by atoms with Gasteiger partial charge in [-0.15, -0.1) is 11.3 Å². The van der Waals surface area contributed by atoms with Crippen LogP contribution in [0.25, 0.3) is 0 Å². The molecule has 1 aromatic carbocycles. The Kier molecular flexibility index (Phi) is 5.80. The van der Waals surface area contributed by atoms with Crippen molar-refractivity contribution in [2.24, 2.45) is 0 Å². The van der Waals surface area contributed by atoms with Gasteiger partial charge in [0, 0.05) is 6.61 Å². The van der Waals surface area contributed by atoms with Crippen molar-refractivity contribution in [1.82, 2.24) is 5.32 Å². The molecule has 2 N–H and O–H groups in total. The van der Waals surface area contributed by atoms with Gasteiger partial charge >= 0.3 is 0 Å². The Morgan fingerprint density at radius 1 is 1.27 bits per heavy atom. The predicted molar refractivity (Wildman–Crippen MR) is 85.8 cm³/mol. The molecule has 0 bridgehead atoms. The van der Waals surface area contributed by atoms with Gasteiger partial charge in [-0.1, -0.05) is 12.1 Å². The van der Waals surface area contributed by atoms with Crippen LogP contribution in [0.1, 0.15) is 27.7 Å². The van der Waals surface area contributed by atoms with E-state index < -0.39 is 0 Å². The van der Waals surface area contributed by atoms with E-state index in [4.69, 9.17) is 9.47 Å². The summed E-state index contributed by atoms with van der Waals surface area (Å²) in [6.07, 6.45) is 0.423. The molecule has 0 aliphatic rings.